The van der Waals surface area contributed by atoms with E-state index in [2.05, 4.69) is 30.0 Å². The summed E-state index contributed by atoms with van der Waals surface area (Å²) in [6.07, 6.45) is 6.51. The summed E-state index contributed by atoms with van der Waals surface area (Å²) < 4.78 is 3.12. The third-order valence-corrected chi connectivity index (χ3v) is 6.39. The van der Waals surface area contributed by atoms with E-state index >= 15 is 0 Å². The highest BCUT2D eigenvalue weighted by Crippen LogP contribution is 2.47. The maximum absolute atomic E-state index is 12.3. The van der Waals surface area contributed by atoms with Crippen molar-refractivity contribution < 1.29 is 0 Å². The van der Waals surface area contributed by atoms with Crippen LogP contribution >= 0.6 is 11.3 Å². The molecule has 0 unspecified atom stereocenters. The van der Waals surface area contributed by atoms with Crippen LogP contribution in [-0.4, -0.2) is 29.1 Å². The molecule has 24 heavy (non-hydrogen) atoms. The number of likely N-dealkylation sites (tertiary alicyclic amines) is 1. The predicted molar refractivity (Wildman–Crippen MR) is 104 cm³/mol. The summed E-state index contributed by atoms with van der Waals surface area (Å²) in [6.45, 7) is 10.6. The standard InChI is InChI=1S/C18H24N2OS.C2H6/c1-2-4-14-5-6-15-16(11-14)22-17(21)20(15)10-9-19-12-18(13-19)7-3-8-18;1-2/h5-6,11H,2-4,7-10,12-13H2,1H3;1-2H3. The van der Waals surface area contributed by atoms with Crippen LogP contribution in [0.5, 0.6) is 0 Å². The van der Waals surface area contributed by atoms with E-state index < -0.39 is 0 Å². The number of thiazole rings is 1. The lowest BCUT2D eigenvalue weighted by Gasteiger charge is -2.56. The average Bonchev–Trinajstić information content (AvgIpc) is 2.82. The predicted octanol–water partition coefficient (Wildman–Crippen LogP) is 4.53. The lowest BCUT2D eigenvalue weighted by Crippen LogP contribution is -2.60. The van der Waals surface area contributed by atoms with Crippen molar-refractivity contribution >= 4 is 21.6 Å². The molecule has 1 aromatic carbocycles. The molecule has 1 aliphatic carbocycles. The van der Waals surface area contributed by atoms with Crippen LogP contribution in [0.4, 0.5) is 0 Å². The van der Waals surface area contributed by atoms with Gasteiger partial charge in [-0.15, -0.1) is 0 Å². The first kappa shape index (κ1) is 17.7. The van der Waals surface area contributed by atoms with Gasteiger partial charge >= 0.3 is 4.87 Å². The highest BCUT2D eigenvalue weighted by molar-refractivity contribution is 7.16. The van der Waals surface area contributed by atoms with E-state index in [1.54, 1.807) is 0 Å². The monoisotopic (exact) mass is 346 g/mol. The molecule has 1 saturated heterocycles. The number of fused-ring (bicyclic) bond motifs is 1. The molecule has 4 heteroatoms. The zero-order valence-corrected chi connectivity index (χ0v) is 16.1. The Labute approximate surface area is 149 Å². The van der Waals surface area contributed by atoms with Gasteiger partial charge in [0.05, 0.1) is 10.2 Å². The minimum atomic E-state index is 0.197. The average molecular weight is 347 g/mol. The van der Waals surface area contributed by atoms with Gasteiger partial charge in [0.1, 0.15) is 0 Å². The second-order valence-corrected chi connectivity index (χ2v) is 8.13. The lowest BCUT2D eigenvalue weighted by atomic mass is 9.63. The molecule has 1 saturated carbocycles. The van der Waals surface area contributed by atoms with Crippen LogP contribution in [0.3, 0.4) is 0 Å². The summed E-state index contributed by atoms with van der Waals surface area (Å²) >= 11 is 1.40. The van der Waals surface area contributed by atoms with Gasteiger partial charge in [-0.3, -0.25) is 9.36 Å². The first-order valence-corrected chi connectivity index (χ1v) is 10.4. The fourth-order valence-electron chi connectivity index (χ4n) is 4.06. The van der Waals surface area contributed by atoms with Crippen molar-refractivity contribution in [2.24, 2.45) is 5.41 Å². The minimum Gasteiger partial charge on any atom is -0.300 e. The molecule has 1 spiro atoms. The molecule has 0 bridgehead atoms. The molecule has 0 radical (unpaired) electrons. The van der Waals surface area contributed by atoms with E-state index in [4.69, 9.17) is 0 Å². The Bertz CT molecular complexity index is 734. The van der Waals surface area contributed by atoms with Crippen molar-refractivity contribution in [1.82, 2.24) is 9.47 Å². The SMILES string of the molecule is CC.CCCc1ccc2c(c1)sc(=O)n2CCN1CC2(CCC2)C1. The molecule has 0 atom stereocenters. The molecule has 2 fully saturated rings. The quantitative estimate of drug-likeness (QED) is 0.795. The molecule has 2 heterocycles. The van der Waals surface area contributed by atoms with Gasteiger partial charge in [0.2, 0.25) is 0 Å². The third-order valence-electron chi connectivity index (χ3n) is 5.44. The van der Waals surface area contributed by atoms with Gasteiger partial charge < -0.3 is 4.90 Å². The Hall–Kier alpha value is -1.13. The van der Waals surface area contributed by atoms with E-state index in [1.807, 2.05) is 18.4 Å². The van der Waals surface area contributed by atoms with Gasteiger partial charge in [0.15, 0.2) is 0 Å². The molecule has 2 aromatic rings. The molecule has 132 valence electrons. The fraction of sp³-hybridized carbons (Fsp3) is 0.650. The number of hydrogen-bond donors (Lipinski definition) is 0. The van der Waals surface area contributed by atoms with Gasteiger partial charge in [-0.1, -0.05) is 51.0 Å². The van der Waals surface area contributed by atoms with Crippen molar-refractivity contribution in [1.29, 1.82) is 0 Å². The molecule has 1 aromatic heterocycles. The van der Waals surface area contributed by atoms with Gasteiger partial charge in [-0.05, 0) is 42.4 Å². The van der Waals surface area contributed by atoms with Crippen molar-refractivity contribution in [3.63, 3.8) is 0 Å². The van der Waals surface area contributed by atoms with Gasteiger partial charge in [0, 0.05) is 26.2 Å². The molecule has 2 aliphatic rings. The molecular weight excluding hydrogens is 316 g/mol. The van der Waals surface area contributed by atoms with Gasteiger partial charge in [-0.2, -0.15) is 0 Å². The number of nitrogens with zero attached hydrogens (tertiary/aromatic N) is 2. The first-order chi connectivity index (χ1) is 11.7. The minimum absolute atomic E-state index is 0.197. The van der Waals surface area contributed by atoms with E-state index in [0.717, 1.165) is 36.1 Å². The van der Waals surface area contributed by atoms with Crippen LogP contribution in [0.1, 0.15) is 52.0 Å². The largest absolute Gasteiger partial charge is 0.308 e. The van der Waals surface area contributed by atoms with Crippen LogP contribution in [0.15, 0.2) is 23.0 Å². The zero-order chi connectivity index (χ0) is 17.2. The first-order valence-electron chi connectivity index (χ1n) is 9.54. The maximum Gasteiger partial charge on any atom is 0.308 e. The van der Waals surface area contributed by atoms with Crippen molar-refractivity contribution in [3.05, 3.63) is 33.4 Å². The highest BCUT2D eigenvalue weighted by atomic mass is 32.1. The van der Waals surface area contributed by atoms with Crippen LogP contribution in [0.25, 0.3) is 10.2 Å². The van der Waals surface area contributed by atoms with Gasteiger partial charge in [-0.25, -0.2) is 0 Å². The second kappa shape index (κ2) is 7.40. The Kier molecular flexibility index (Phi) is 5.46. The topological polar surface area (TPSA) is 25.2 Å². The number of aromatic nitrogens is 1. The Morgan fingerprint density at radius 3 is 2.54 bits per heavy atom. The Balaban J connectivity index is 0.000000815. The smallest absolute Gasteiger partial charge is 0.300 e. The van der Waals surface area contributed by atoms with E-state index in [9.17, 15) is 4.79 Å². The van der Waals surface area contributed by atoms with Crippen molar-refractivity contribution in [2.75, 3.05) is 19.6 Å². The van der Waals surface area contributed by atoms with Crippen LogP contribution in [0.2, 0.25) is 0 Å². The lowest BCUT2D eigenvalue weighted by molar-refractivity contribution is -0.0606. The maximum atomic E-state index is 12.3. The summed E-state index contributed by atoms with van der Waals surface area (Å²) in [5.41, 5.74) is 3.14. The summed E-state index contributed by atoms with van der Waals surface area (Å²) in [4.78, 5) is 15.0. The summed E-state index contributed by atoms with van der Waals surface area (Å²) in [7, 11) is 0. The summed E-state index contributed by atoms with van der Waals surface area (Å²) in [5.74, 6) is 0. The normalized spacial score (nSPS) is 18.8. The zero-order valence-electron chi connectivity index (χ0n) is 15.3. The van der Waals surface area contributed by atoms with E-state index in [0.29, 0.717) is 5.41 Å². The number of aryl methyl sites for hydroxylation is 1. The van der Waals surface area contributed by atoms with Crippen molar-refractivity contribution in [2.45, 2.75) is 59.4 Å². The third kappa shape index (κ3) is 3.31. The molecular formula is C20H30N2OS. The highest BCUT2D eigenvalue weighted by Gasteiger charge is 2.46. The van der Waals surface area contributed by atoms with Crippen molar-refractivity contribution in [3.8, 4) is 0 Å². The number of benzene rings is 1. The van der Waals surface area contributed by atoms with E-state index in [1.165, 1.54) is 49.3 Å². The molecule has 4 rings (SSSR count). The number of hydrogen-bond acceptors (Lipinski definition) is 3. The van der Waals surface area contributed by atoms with Gasteiger partial charge in [0.25, 0.3) is 0 Å². The van der Waals surface area contributed by atoms with Crippen LogP contribution in [-0.2, 0) is 13.0 Å². The Morgan fingerprint density at radius 2 is 1.92 bits per heavy atom. The molecule has 3 nitrogen and oxygen atoms in total. The summed E-state index contributed by atoms with van der Waals surface area (Å²) in [5, 5.41) is 0. The van der Waals surface area contributed by atoms with Crippen LogP contribution < -0.4 is 4.87 Å². The molecule has 1 aliphatic heterocycles. The molecule has 0 amide bonds. The van der Waals surface area contributed by atoms with Crippen LogP contribution in [0, 0.1) is 5.41 Å². The van der Waals surface area contributed by atoms with E-state index in [-0.39, 0.29) is 4.87 Å². The Morgan fingerprint density at radius 1 is 1.17 bits per heavy atom. The number of rotatable bonds is 5. The fourth-order valence-corrected chi connectivity index (χ4v) is 5.04. The molecule has 0 N–H and O–H groups in total. The summed E-state index contributed by atoms with van der Waals surface area (Å²) in [6, 6.07) is 6.53. The second-order valence-electron chi connectivity index (χ2n) is 7.14.